The van der Waals surface area contributed by atoms with E-state index in [1.807, 2.05) is 103 Å². The van der Waals surface area contributed by atoms with Crippen molar-refractivity contribution in [2.24, 2.45) is 0 Å². The van der Waals surface area contributed by atoms with Crippen molar-refractivity contribution in [1.29, 1.82) is 0 Å². The van der Waals surface area contributed by atoms with E-state index >= 15 is 0 Å². The van der Waals surface area contributed by atoms with Gasteiger partial charge >= 0.3 is 17.9 Å². The van der Waals surface area contributed by atoms with Crippen molar-refractivity contribution in [2.75, 3.05) is 19.8 Å². The first-order valence-electron chi connectivity index (χ1n) is 21.8. The molecule has 9 rings (SSSR count). The van der Waals surface area contributed by atoms with Crippen LogP contribution in [0.5, 0.6) is 0 Å². The van der Waals surface area contributed by atoms with Gasteiger partial charge in [-0.2, -0.15) is 0 Å². The summed E-state index contributed by atoms with van der Waals surface area (Å²) in [7, 11) is 0. The highest BCUT2D eigenvalue weighted by Crippen LogP contribution is 2.42. The van der Waals surface area contributed by atoms with Gasteiger partial charge in [-0.1, -0.05) is 153 Å². The minimum atomic E-state index is -0.459. The first-order chi connectivity index (χ1) is 34.8. The van der Waals surface area contributed by atoms with E-state index in [-0.39, 0.29) is 17.6 Å². The lowest BCUT2D eigenvalue weighted by Gasteiger charge is -2.05. The van der Waals surface area contributed by atoms with Crippen LogP contribution in [0.2, 0.25) is 25.1 Å². The number of thiazole rings is 3. The number of nitrogens with zero attached hydrogens (tertiary/aromatic N) is 3. The molecule has 0 bridgehead atoms. The van der Waals surface area contributed by atoms with E-state index in [0.717, 1.165) is 58.3 Å². The van der Waals surface area contributed by atoms with Crippen LogP contribution in [0.25, 0.3) is 65.1 Å². The Labute approximate surface area is 461 Å². The lowest BCUT2D eigenvalue weighted by molar-refractivity contribution is 0.0516. The number of halogens is 6. The monoisotopic (exact) mass is 1170 g/mol. The molecule has 0 atom stereocenters. The Morgan fingerprint density at radius 3 is 1.15 bits per heavy atom. The molecule has 0 aliphatic rings. The predicted octanol–water partition coefficient (Wildman–Crippen LogP) is 18.0. The summed E-state index contributed by atoms with van der Waals surface area (Å²) in [6.07, 6.45) is 0. The van der Waals surface area contributed by atoms with Crippen LogP contribution in [-0.4, -0.2) is 52.7 Å². The summed E-state index contributed by atoms with van der Waals surface area (Å²) in [4.78, 5) is 52.4. The minimum Gasteiger partial charge on any atom is -0.461 e. The Morgan fingerprint density at radius 1 is 0.431 bits per heavy atom. The van der Waals surface area contributed by atoms with E-state index in [1.165, 1.54) is 34.0 Å². The van der Waals surface area contributed by atoms with Gasteiger partial charge in [-0.05, 0) is 104 Å². The van der Waals surface area contributed by atoms with Crippen LogP contribution in [0.15, 0.2) is 150 Å². The highest BCUT2D eigenvalue weighted by atomic mass is 79.9. The van der Waals surface area contributed by atoms with Crippen LogP contribution >= 0.6 is 108 Å². The van der Waals surface area contributed by atoms with E-state index in [1.54, 1.807) is 63.2 Å². The summed E-state index contributed by atoms with van der Waals surface area (Å²) in [5.41, 5.74) is 7.56. The van der Waals surface area contributed by atoms with E-state index in [4.69, 9.17) is 72.2 Å². The van der Waals surface area contributed by atoms with Crippen molar-refractivity contribution in [2.45, 2.75) is 20.8 Å². The molecule has 0 N–H and O–H groups in total. The van der Waals surface area contributed by atoms with Gasteiger partial charge in [-0.15, -0.1) is 34.0 Å². The smallest absolute Gasteiger partial charge is 0.367 e. The second-order valence-corrected chi connectivity index (χ2v) is 20.8. The number of esters is 3. The number of hydrogen-bond acceptors (Lipinski definition) is 12. The molecule has 366 valence electrons. The number of aromatic nitrogens is 3. The molecule has 0 saturated heterocycles. The molecule has 0 fully saturated rings. The van der Waals surface area contributed by atoms with Gasteiger partial charge in [0, 0.05) is 41.3 Å². The van der Waals surface area contributed by atoms with E-state index in [2.05, 4.69) is 30.9 Å². The summed E-state index contributed by atoms with van der Waals surface area (Å²) in [6.45, 7) is 6.25. The molecule has 0 radical (unpaired) electrons. The third-order valence-corrected chi connectivity index (χ3v) is 15.0. The zero-order chi connectivity index (χ0) is 51.3. The van der Waals surface area contributed by atoms with Crippen LogP contribution < -0.4 is 0 Å². The van der Waals surface area contributed by atoms with Crippen molar-refractivity contribution in [3.8, 4) is 65.1 Å². The number of hydrogen-bond donors (Lipinski definition) is 0. The van der Waals surface area contributed by atoms with Crippen LogP contribution in [0, 0.1) is 0 Å². The predicted molar refractivity (Wildman–Crippen MR) is 300 cm³/mol. The summed E-state index contributed by atoms with van der Waals surface area (Å²) < 4.78 is 16.2. The molecular formula is C54H39BrCl5N3O6S3. The van der Waals surface area contributed by atoms with Crippen molar-refractivity contribution in [3.63, 3.8) is 0 Å². The number of carbonyl (C=O) groups is 3. The Morgan fingerprint density at radius 2 is 0.764 bits per heavy atom. The van der Waals surface area contributed by atoms with Crippen molar-refractivity contribution >= 4 is 126 Å². The third-order valence-electron chi connectivity index (χ3n) is 9.90. The highest BCUT2D eigenvalue weighted by molar-refractivity contribution is 9.10. The molecule has 9 aromatic rings. The molecule has 3 aromatic heterocycles. The fraction of sp³-hybridized carbons (Fsp3) is 0.111. The molecule has 0 aliphatic carbocycles. The summed E-state index contributed by atoms with van der Waals surface area (Å²) in [5.74, 6) is -1.25. The second-order valence-electron chi connectivity index (χ2n) is 14.8. The Kier molecular flexibility index (Phi) is 19.6. The molecule has 9 nitrogen and oxygen atoms in total. The summed E-state index contributed by atoms with van der Waals surface area (Å²) >= 11 is 37.6. The summed E-state index contributed by atoms with van der Waals surface area (Å²) in [5, 5.41) is 3.90. The molecule has 6 aromatic carbocycles. The second kappa shape index (κ2) is 26.0. The van der Waals surface area contributed by atoms with Gasteiger partial charge in [0.25, 0.3) is 0 Å². The maximum Gasteiger partial charge on any atom is 0.367 e. The average Bonchev–Trinajstić information content (AvgIpc) is 4.15. The number of carbonyl (C=O) groups excluding carboxylic acids is 3. The first-order valence-corrected chi connectivity index (χ1v) is 27.0. The largest absolute Gasteiger partial charge is 0.461 e. The van der Waals surface area contributed by atoms with Crippen LogP contribution in [0.1, 0.15) is 50.2 Å². The van der Waals surface area contributed by atoms with Gasteiger partial charge in [0.15, 0.2) is 0 Å². The van der Waals surface area contributed by atoms with Gasteiger partial charge in [0.05, 0.1) is 56.6 Å². The van der Waals surface area contributed by atoms with E-state index in [0.29, 0.717) is 59.6 Å². The molecule has 0 amide bonds. The summed E-state index contributed by atoms with van der Waals surface area (Å²) in [6, 6.07) is 45.1. The van der Waals surface area contributed by atoms with Gasteiger partial charge in [-0.3, -0.25) is 0 Å². The zero-order valence-corrected chi connectivity index (χ0v) is 46.1. The molecular weight excluding hydrogens is 1140 g/mol. The molecule has 18 heteroatoms. The van der Waals surface area contributed by atoms with Gasteiger partial charge < -0.3 is 14.2 Å². The van der Waals surface area contributed by atoms with Crippen molar-refractivity contribution in [1.82, 2.24) is 15.0 Å². The van der Waals surface area contributed by atoms with Crippen LogP contribution in [0.4, 0.5) is 0 Å². The van der Waals surface area contributed by atoms with Gasteiger partial charge in [0.1, 0.15) is 0 Å². The molecule has 0 spiro atoms. The average molecular weight is 1180 g/mol. The molecule has 0 aliphatic heterocycles. The molecule has 3 heterocycles. The standard InChI is InChI=1S/C18H14BrNO2S.C18H12Cl3NO2S.C18H13Cl2NO2S/c1-2-22-18(21)17-20-15(12-8-10-14(19)11-9-12)16(23-17)13-6-4-3-5-7-13;1-2-24-18(23)17-22-15(13-8-7-12(20)9-14(13)21)16(25-17)10-3-5-11(19)6-4-10;1-2-23-18(22)17-21-15(11-3-7-13(19)8-4-11)16(24-17)12-5-9-14(20)10-6-12/h3-11H,2H2,1H3;3-9H,2H2,1H3;3-10H,2H2,1H3. The topological polar surface area (TPSA) is 118 Å². The molecule has 0 saturated carbocycles. The van der Waals surface area contributed by atoms with Gasteiger partial charge in [-0.25, -0.2) is 29.3 Å². The zero-order valence-electron chi connectivity index (χ0n) is 38.3. The number of benzene rings is 6. The minimum absolute atomic E-state index is 0.271. The lowest BCUT2D eigenvalue weighted by Crippen LogP contribution is -2.03. The quantitative estimate of drug-likeness (QED) is 0.0870. The fourth-order valence-electron chi connectivity index (χ4n) is 6.65. The highest BCUT2D eigenvalue weighted by Gasteiger charge is 2.24. The maximum absolute atomic E-state index is 12.1. The van der Waals surface area contributed by atoms with E-state index < -0.39 is 11.9 Å². The van der Waals surface area contributed by atoms with E-state index in [9.17, 15) is 14.4 Å². The molecule has 0 unspecified atom stereocenters. The normalized spacial score (nSPS) is 10.6. The van der Waals surface area contributed by atoms with Gasteiger partial charge in [0.2, 0.25) is 15.0 Å². The Bertz CT molecular complexity index is 3230. The third kappa shape index (κ3) is 14.0. The fourth-order valence-corrected chi connectivity index (χ4v) is 10.7. The Balaban J connectivity index is 0.000000159. The SMILES string of the molecule is CCOC(=O)c1nc(-c2ccc(Br)cc2)c(-c2ccccc2)s1.CCOC(=O)c1nc(-c2ccc(Cl)cc2)c(-c2ccc(Cl)cc2)s1.CCOC(=O)c1nc(-c2ccc(Cl)cc2Cl)c(-c2ccc(Cl)cc2)s1. The lowest BCUT2D eigenvalue weighted by atomic mass is 10.1. The first kappa shape index (κ1) is 54.3. The molecule has 72 heavy (non-hydrogen) atoms. The number of rotatable bonds is 12. The van der Waals surface area contributed by atoms with Crippen LogP contribution in [0.3, 0.4) is 0 Å². The maximum atomic E-state index is 12.1. The van der Waals surface area contributed by atoms with Crippen molar-refractivity contribution < 1.29 is 28.6 Å². The number of ether oxygens (including phenoxy) is 3. The van der Waals surface area contributed by atoms with Crippen LogP contribution in [-0.2, 0) is 14.2 Å². The van der Waals surface area contributed by atoms with Crippen molar-refractivity contribution in [3.05, 3.63) is 190 Å². The Hall–Kier alpha value is -5.45.